The molecule has 55 heavy (non-hydrogen) atoms. The van der Waals surface area contributed by atoms with Gasteiger partial charge in [0.1, 0.15) is 27.1 Å². The monoisotopic (exact) mass is 786 g/mol. The third-order valence-electron chi connectivity index (χ3n) is 8.82. The number of aromatic carboxylic acids is 1. The van der Waals surface area contributed by atoms with Crippen molar-refractivity contribution in [3.8, 4) is 0 Å². The average Bonchev–Trinajstić information content (AvgIpc) is 4.00. The number of nitrogens with zero attached hydrogens (tertiary/aromatic N) is 3. The third kappa shape index (κ3) is 11.1. The zero-order valence-electron chi connectivity index (χ0n) is 30.7. The molecule has 3 aromatic carbocycles. The van der Waals surface area contributed by atoms with E-state index in [2.05, 4.69) is 15.3 Å². The molecule has 2 aliphatic heterocycles. The lowest BCUT2D eigenvalue weighted by atomic mass is 10.1. The normalized spacial score (nSPS) is 19.5. The van der Waals surface area contributed by atoms with Crippen molar-refractivity contribution in [2.45, 2.75) is 76.7 Å². The van der Waals surface area contributed by atoms with Crippen LogP contribution in [0.15, 0.2) is 95.7 Å². The van der Waals surface area contributed by atoms with Gasteiger partial charge in [0, 0.05) is 29.3 Å². The maximum atomic E-state index is 13.0. The number of ether oxygens (including phenoxy) is 3. The van der Waals surface area contributed by atoms with Crippen LogP contribution in [0.25, 0.3) is 0 Å². The summed E-state index contributed by atoms with van der Waals surface area (Å²) in [6.45, 7) is 7.60. The smallest absolute Gasteiger partial charge is 0.410 e. The minimum atomic E-state index is -1.08. The Morgan fingerprint density at radius 2 is 1.40 bits per heavy atom. The summed E-state index contributed by atoms with van der Waals surface area (Å²) < 4.78 is 30.6. The molecule has 1 amide bonds. The van der Waals surface area contributed by atoms with Crippen molar-refractivity contribution >= 4 is 40.5 Å². The van der Waals surface area contributed by atoms with Gasteiger partial charge in [0.2, 0.25) is 5.78 Å². The fourth-order valence-corrected chi connectivity index (χ4v) is 7.91. The molecule has 0 spiro atoms. The van der Waals surface area contributed by atoms with Crippen LogP contribution in [0.1, 0.15) is 93.4 Å². The van der Waals surface area contributed by atoms with E-state index in [9.17, 15) is 18.8 Å². The number of carboxylic acid groups (broad SMARTS) is 1. The molecular formula is C41H43FN4O7S2. The van der Waals surface area contributed by atoms with Gasteiger partial charge >= 0.3 is 12.1 Å². The second kappa shape index (κ2) is 18.2. The van der Waals surface area contributed by atoms with Crippen LogP contribution in [0.4, 0.5) is 9.18 Å². The average molecular weight is 787 g/mol. The minimum absolute atomic E-state index is 0.0159. The molecule has 2 fully saturated rings. The van der Waals surface area contributed by atoms with Gasteiger partial charge in [-0.1, -0.05) is 60.7 Å². The predicted octanol–water partition coefficient (Wildman–Crippen LogP) is 8.24. The highest BCUT2D eigenvalue weighted by molar-refractivity contribution is 7.10. The number of rotatable bonds is 11. The Bertz CT molecular complexity index is 2040. The minimum Gasteiger partial charge on any atom is -0.476 e. The lowest BCUT2D eigenvalue weighted by Gasteiger charge is -2.27. The van der Waals surface area contributed by atoms with Gasteiger partial charge in [0.05, 0.1) is 44.1 Å². The lowest BCUT2D eigenvalue weighted by molar-refractivity contribution is 0.0148. The summed E-state index contributed by atoms with van der Waals surface area (Å²) >= 11 is 2.70. The van der Waals surface area contributed by atoms with Gasteiger partial charge in [-0.15, -0.1) is 22.7 Å². The van der Waals surface area contributed by atoms with Crippen LogP contribution < -0.4 is 5.32 Å². The van der Waals surface area contributed by atoms with Crippen molar-refractivity contribution in [2.75, 3.05) is 13.1 Å². The van der Waals surface area contributed by atoms with E-state index < -0.39 is 17.7 Å². The number of carboxylic acids is 1. The number of halogens is 1. The summed E-state index contributed by atoms with van der Waals surface area (Å²) in [4.78, 5) is 46.6. The van der Waals surface area contributed by atoms with E-state index in [1.165, 1.54) is 52.3 Å². The first kappa shape index (κ1) is 39.8. The molecule has 4 atom stereocenters. The molecule has 0 aliphatic carbocycles. The summed E-state index contributed by atoms with van der Waals surface area (Å²) in [6.07, 6.45) is 0.851. The Labute approximate surface area is 327 Å². The van der Waals surface area contributed by atoms with Crippen LogP contribution in [-0.2, 0) is 27.4 Å². The van der Waals surface area contributed by atoms with Crippen molar-refractivity contribution in [1.82, 2.24) is 20.2 Å². The van der Waals surface area contributed by atoms with Crippen molar-refractivity contribution < 1.29 is 38.1 Å². The molecule has 2 aromatic heterocycles. The molecule has 4 heterocycles. The topological polar surface area (TPSA) is 140 Å². The van der Waals surface area contributed by atoms with Crippen molar-refractivity contribution in [1.29, 1.82) is 0 Å². The van der Waals surface area contributed by atoms with Gasteiger partial charge in [0.15, 0.2) is 5.69 Å². The first-order valence-electron chi connectivity index (χ1n) is 17.9. The number of nitrogens with one attached hydrogen (secondary N) is 1. The molecule has 14 heteroatoms. The van der Waals surface area contributed by atoms with Gasteiger partial charge in [-0.3, -0.25) is 9.69 Å². The number of likely N-dealkylation sites (tertiary alicyclic amines) is 1. The van der Waals surface area contributed by atoms with Gasteiger partial charge in [0.25, 0.3) is 0 Å². The summed E-state index contributed by atoms with van der Waals surface area (Å²) in [7, 11) is 0. The molecular weight excluding hydrogens is 744 g/mol. The predicted molar refractivity (Wildman–Crippen MR) is 207 cm³/mol. The van der Waals surface area contributed by atoms with E-state index in [-0.39, 0.29) is 41.6 Å². The number of carbonyl (C=O) groups excluding carboxylic acids is 2. The van der Waals surface area contributed by atoms with E-state index in [1.807, 2.05) is 81.4 Å². The molecule has 11 nitrogen and oxygen atoms in total. The first-order valence-corrected chi connectivity index (χ1v) is 19.7. The number of carbonyl (C=O) groups is 3. The van der Waals surface area contributed by atoms with Crippen LogP contribution in [-0.4, -0.2) is 68.7 Å². The Hall–Kier alpha value is -4.86. The van der Waals surface area contributed by atoms with Gasteiger partial charge in [-0.05, 0) is 62.6 Å². The van der Waals surface area contributed by atoms with Crippen molar-refractivity contribution in [2.24, 2.45) is 0 Å². The van der Waals surface area contributed by atoms with Crippen LogP contribution >= 0.6 is 22.7 Å². The van der Waals surface area contributed by atoms with E-state index in [4.69, 9.17) is 19.3 Å². The highest BCUT2D eigenvalue weighted by atomic mass is 32.1. The molecule has 2 saturated heterocycles. The third-order valence-corrected chi connectivity index (χ3v) is 10.7. The zero-order chi connectivity index (χ0) is 39.0. The van der Waals surface area contributed by atoms with E-state index in [1.54, 1.807) is 10.3 Å². The Morgan fingerprint density at radius 3 is 2.00 bits per heavy atom. The van der Waals surface area contributed by atoms with E-state index >= 15 is 0 Å². The van der Waals surface area contributed by atoms with Gasteiger partial charge in [-0.2, -0.15) is 0 Å². The Balaban J connectivity index is 0.000000187. The molecule has 0 unspecified atom stereocenters. The lowest BCUT2D eigenvalue weighted by Crippen LogP contribution is -2.37. The zero-order valence-corrected chi connectivity index (χ0v) is 32.4. The quantitative estimate of drug-likeness (QED) is 0.126. The van der Waals surface area contributed by atoms with Crippen molar-refractivity contribution in [3.05, 3.63) is 140 Å². The first-order chi connectivity index (χ1) is 26.4. The molecule has 2 N–H and O–H groups in total. The van der Waals surface area contributed by atoms with Gasteiger partial charge < -0.3 is 24.6 Å². The van der Waals surface area contributed by atoms with Crippen molar-refractivity contribution in [3.63, 3.8) is 0 Å². The number of ketones is 1. The maximum Gasteiger partial charge on any atom is 0.410 e. The highest BCUT2D eigenvalue weighted by Gasteiger charge is 2.40. The van der Waals surface area contributed by atoms with Crippen LogP contribution in [0.5, 0.6) is 0 Å². The number of hydrogen-bond donors (Lipinski definition) is 2. The number of aromatic nitrogens is 2. The summed E-state index contributed by atoms with van der Waals surface area (Å²) in [5.41, 5.74) is 2.41. The molecule has 288 valence electrons. The largest absolute Gasteiger partial charge is 0.476 e. The molecule has 0 bridgehead atoms. The molecule has 7 rings (SSSR count). The number of hydrogen-bond acceptors (Lipinski definition) is 11. The SMILES string of the molecule is CC(C)(C)OC(=O)N1C[C@@H](OCc2ccccc2)C[C@H]1c1nc(C(=O)O)cs1.O=C(c1ccc(F)cc1)c1csc([C@@H]2C[C@@H](OCc3ccccc3)CN2)n1. The van der Waals surface area contributed by atoms with E-state index in [0.717, 1.165) is 29.1 Å². The highest BCUT2D eigenvalue weighted by Crippen LogP contribution is 2.37. The molecule has 0 saturated carbocycles. The fourth-order valence-electron chi connectivity index (χ4n) is 6.11. The second-order valence-electron chi connectivity index (χ2n) is 14.2. The summed E-state index contributed by atoms with van der Waals surface area (Å²) in [6, 6.07) is 25.2. The van der Waals surface area contributed by atoms with E-state index in [0.29, 0.717) is 42.4 Å². The number of amides is 1. The second-order valence-corrected chi connectivity index (χ2v) is 16.0. The summed E-state index contributed by atoms with van der Waals surface area (Å²) in [5, 5.41) is 17.3. The van der Waals surface area contributed by atoms with Crippen LogP contribution in [0, 0.1) is 5.82 Å². The van der Waals surface area contributed by atoms with Gasteiger partial charge in [-0.25, -0.2) is 23.9 Å². The standard InChI is InChI=1S/C21H19FN2O2S.C20H24N2O5S/c22-16-8-6-15(7-9-16)20(25)19-13-27-21(24-19)18-10-17(11-23-18)26-12-14-4-2-1-3-5-14;1-20(2,3)27-19(25)22-10-14(26-11-13-7-5-4-6-8-13)9-16(22)17-21-15(12-28-17)18(23)24/h1-9,13,17-18,23H,10-12H2;4-8,12,14,16H,9-11H2,1-3H3,(H,23,24)/t17-,18+;14-,16-/m10/s1. The fraction of sp³-hybridized carbons (Fsp3) is 0.341. The number of thiazole rings is 2. The summed E-state index contributed by atoms with van der Waals surface area (Å²) in [5.74, 6) is -1.63. The Morgan fingerprint density at radius 1 is 0.818 bits per heavy atom. The number of benzene rings is 3. The molecule has 2 aliphatic rings. The van der Waals surface area contributed by atoms with Crippen LogP contribution in [0.3, 0.4) is 0 Å². The Kier molecular flexibility index (Phi) is 13.2. The molecule has 5 aromatic rings. The maximum absolute atomic E-state index is 13.0. The van der Waals surface area contributed by atoms with Crippen LogP contribution in [0.2, 0.25) is 0 Å². The molecule has 0 radical (unpaired) electrons.